The molecule has 1 atom stereocenters. The second-order valence-corrected chi connectivity index (χ2v) is 6.90. The Morgan fingerprint density at radius 1 is 1.33 bits per heavy atom. The van der Waals surface area contributed by atoms with Crippen molar-refractivity contribution in [2.75, 3.05) is 5.32 Å². The lowest BCUT2D eigenvalue weighted by Crippen LogP contribution is -2.13. The molecule has 3 aromatic rings. The van der Waals surface area contributed by atoms with E-state index >= 15 is 0 Å². The van der Waals surface area contributed by atoms with Crippen molar-refractivity contribution in [2.45, 2.75) is 23.7 Å². The maximum absolute atomic E-state index is 13.7. The Labute approximate surface area is 142 Å². The summed E-state index contributed by atoms with van der Waals surface area (Å²) in [7, 11) is 0. The van der Waals surface area contributed by atoms with Crippen molar-refractivity contribution in [3.8, 4) is 0 Å². The second-order valence-electron chi connectivity index (χ2n) is 5.78. The number of benzene rings is 2. The van der Waals surface area contributed by atoms with Crippen LogP contribution in [0.3, 0.4) is 0 Å². The molecular weight excluding hydrogens is 327 g/mol. The quantitative estimate of drug-likeness (QED) is 0.741. The zero-order valence-corrected chi connectivity index (χ0v) is 13.7. The molecule has 24 heavy (non-hydrogen) atoms. The molecule has 0 fully saturated rings. The molecule has 1 aliphatic heterocycles. The molecule has 4 nitrogen and oxygen atoms in total. The Morgan fingerprint density at radius 2 is 2.12 bits per heavy atom. The molecule has 0 bridgehead atoms. The fraction of sp³-hybridized carbons (Fsp3) is 0.167. The summed E-state index contributed by atoms with van der Waals surface area (Å²) in [6, 6.07) is 12.6. The number of nitrogens with one attached hydrogen (secondary N) is 1. The van der Waals surface area contributed by atoms with Gasteiger partial charge < -0.3 is 15.0 Å². The number of carboxylic acids is 1. The summed E-state index contributed by atoms with van der Waals surface area (Å²) in [5.74, 6) is -1.28. The van der Waals surface area contributed by atoms with Crippen LogP contribution in [-0.4, -0.2) is 15.6 Å². The van der Waals surface area contributed by atoms with Crippen molar-refractivity contribution in [3.05, 3.63) is 59.5 Å². The van der Waals surface area contributed by atoms with Gasteiger partial charge in [-0.1, -0.05) is 23.9 Å². The van der Waals surface area contributed by atoms with E-state index in [1.165, 1.54) is 12.1 Å². The first-order valence-corrected chi connectivity index (χ1v) is 8.45. The molecule has 2 N–H and O–H groups in total. The molecule has 0 aliphatic carbocycles. The van der Waals surface area contributed by atoms with E-state index in [4.69, 9.17) is 0 Å². The molecule has 4 rings (SSSR count). The minimum Gasteiger partial charge on any atom is -0.481 e. The highest BCUT2D eigenvalue weighted by molar-refractivity contribution is 8.00. The van der Waals surface area contributed by atoms with Gasteiger partial charge in [0, 0.05) is 16.0 Å². The average molecular weight is 342 g/mol. The van der Waals surface area contributed by atoms with E-state index in [9.17, 15) is 14.3 Å². The molecule has 122 valence electrons. The molecule has 0 saturated heterocycles. The van der Waals surface area contributed by atoms with Gasteiger partial charge in [0.05, 0.1) is 17.6 Å². The van der Waals surface area contributed by atoms with E-state index in [1.54, 1.807) is 17.8 Å². The van der Waals surface area contributed by atoms with Crippen LogP contribution in [0.4, 0.5) is 10.1 Å². The number of rotatable bonds is 3. The number of aromatic nitrogens is 1. The number of halogens is 1. The van der Waals surface area contributed by atoms with Gasteiger partial charge in [0.25, 0.3) is 0 Å². The number of aliphatic carboxylic acids is 1. The number of thioether (sulfide) groups is 1. The Balaban J connectivity index is 1.87. The molecule has 0 spiro atoms. The van der Waals surface area contributed by atoms with Crippen LogP contribution in [0.5, 0.6) is 0 Å². The summed E-state index contributed by atoms with van der Waals surface area (Å²) in [4.78, 5) is 12.4. The van der Waals surface area contributed by atoms with Crippen LogP contribution in [0, 0.1) is 12.7 Å². The summed E-state index contributed by atoms with van der Waals surface area (Å²) in [5.41, 5.74) is 3.31. The smallest absolute Gasteiger partial charge is 0.307 e. The number of fused-ring (bicyclic) bond motifs is 2. The Bertz CT molecular complexity index is 942. The molecule has 1 aromatic heterocycles. The number of anilines is 1. The highest BCUT2D eigenvalue weighted by Crippen LogP contribution is 2.46. The first-order valence-electron chi connectivity index (χ1n) is 7.57. The van der Waals surface area contributed by atoms with Crippen molar-refractivity contribution in [3.63, 3.8) is 0 Å². The van der Waals surface area contributed by atoms with Crippen molar-refractivity contribution >= 4 is 34.3 Å². The van der Waals surface area contributed by atoms with Crippen LogP contribution < -0.4 is 5.32 Å². The average Bonchev–Trinajstić information content (AvgIpc) is 3.07. The molecule has 6 heteroatoms. The number of nitrogens with zero attached hydrogens (tertiary/aromatic N) is 1. The lowest BCUT2D eigenvalue weighted by Gasteiger charge is -2.17. The SMILES string of the molecule is Cc1c(CC(=O)O)c2cc(F)ccc2n1C1Nc2ccccc2S1. The highest BCUT2D eigenvalue weighted by Gasteiger charge is 2.27. The molecule has 1 aliphatic rings. The molecule has 0 amide bonds. The van der Waals surface area contributed by atoms with Crippen molar-refractivity contribution in [1.29, 1.82) is 0 Å². The first kappa shape index (κ1) is 15.1. The second kappa shape index (κ2) is 5.56. The van der Waals surface area contributed by atoms with Gasteiger partial charge >= 0.3 is 5.97 Å². The number of hydrogen-bond donors (Lipinski definition) is 2. The van der Waals surface area contributed by atoms with Gasteiger partial charge in [0.2, 0.25) is 0 Å². The standard InChI is InChI=1S/C18H15FN2O2S/c1-10-12(9-17(22)23)13-8-11(19)6-7-15(13)21(10)18-20-14-4-2-3-5-16(14)24-18/h2-8,18,20H,9H2,1H3,(H,22,23). The summed E-state index contributed by atoms with van der Waals surface area (Å²) < 4.78 is 15.8. The van der Waals surface area contributed by atoms with Gasteiger partial charge in [-0.25, -0.2) is 4.39 Å². The zero-order chi connectivity index (χ0) is 16.8. The van der Waals surface area contributed by atoms with E-state index in [-0.39, 0.29) is 17.7 Å². The van der Waals surface area contributed by atoms with E-state index in [1.807, 2.05) is 31.2 Å². The Morgan fingerprint density at radius 3 is 2.88 bits per heavy atom. The van der Waals surface area contributed by atoms with Crippen LogP contribution in [0.2, 0.25) is 0 Å². The van der Waals surface area contributed by atoms with E-state index in [2.05, 4.69) is 9.88 Å². The van der Waals surface area contributed by atoms with Crippen molar-refractivity contribution < 1.29 is 14.3 Å². The lowest BCUT2D eigenvalue weighted by atomic mass is 10.1. The van der Waals surface area contributed by atoms with Crippen LogP contribution >= 0.6 is 11.8 Å². The molecule has 0 saturated carbocycles. The Kier molecular flexibility index (Phi) is 3.49. The van der Waals surface area contributed by atoms with Gasteiger partial charge in [0.15, 0.2) is 5.50 Å². The first-order chi connectivity index (χ1) is 11.5. The van der Waals surface area contributed by atoms with Crippen molar-refractivity contribution in [1.82, 2.24) is 4.57 Å². The van der Waals surface area contributed by atoms with E-state index in [0.29, 0.717) is 10.9 Å². The predicted molar refractivity (Wildman–Crippen MR) is 92.9 cm³/mol. The number of hydrogen-bond acceptors (Lipinski definition) is 3. The zero-order valence-electron chi connectivity index (χ0n) is 12.9. The largest absolute Gasteiger partial charge is 0.481 e. The van der Waals surface area contributed by atoms with Gasteiger partial charge in [-0.15, -0.1) is 0 Å². The fourth-order valence-electron chi connectivity index (χ4n) is 3.25. The third kappa shape index (κ3) is 2.34. The minimum absolute atomic E-state index is 0.0853. The van der Waals surface area contributed by atoms with Crippen LogP contribution in [0.1, 0.15) is 16.8 Å². The summed E-state index contributed by atoms with van der Waals surface area (Å²) >= 11 is 1.67. The third-order valence-electron chi connectivity index (χ3n) is 4.31. The summed E-state index contributed by atoms with van der Waals surface area (Å²) in [5, 5.41) is 13.3. The molecule has 0 radical (unpaired) electrons. The Hall–Kier alpha value is -2.47. The fourth-order valence-corrected chi connectivity index (χ4v) is 4.46. The van der Waals surface area contributed by atoms with Gasteiger partial charge in [-0.3, -0.25) is 4.79 Å². The topological polar surface area (TPSA) is 54.3 Å². The van der Waals surface area contributed by atoms with Gasteiger partial charge in [0.1, 0.15) is 5.82 Å². The summed E-state index contributed by atoms with van der Waals surface area (Å²) in [6.45, 7) is 1.89. The van der Waals surface area contributed by atoms with Crippen LogP contribution in [0.15, 0.2) is 47.4 Å². The molecule has 2 aromatic carbocycles. The van der Waals surface area contributed by atoms with Crippen LogP contribution in [0.25, 0.3) is 10.9 Å². The number of carboxylic acid groups (broad SMARTS) is 1. The highest BCUT2D eigenvalue weighted by atomic mass is 32.2. The molecular formula is C18H15FN2O2S. The normalized spacial score (nSPS) is 16.2. The van der Waals surface area contributed by atoms with Crippen LogP contribution in [-0.2, 0) is 11.2 Å². The van der Waals surface area contributed by atoms with Gasteiger partial charge in [-0.05, 0) is 42.8 Å². The van der Waals surface area contributed by atoms with E-state index in [0.717, 1.165) is 21.8 Å². The predicted octanol–water partition coefficient (Wildman–Crippen LogP) is 4.39. The summed E-state index contributed by atoms with van der Waals surface area (Å²) in [6.07, 6.45) is -0.122. The molecule has 1 unspecified atom stereocenters. The lowest BCUT2D eigenvalue weighted by molar-refractivity contribution is -0.136. The minimum atomic E-state index is -0.920. The number of carbonyl (C=O) groups is 1. The van der Waals surface area contributed by atoms with Crippen molar-refractivity contribution in [2.24, 2.45) is 0 Å². The van der Waals surface area contributed by atoms with Gasteiger partial charge in [-0.2, -0.15) is 0 Å². The number of para-hydroxylation sites is 1. The van der Waals surface area contributed by atoms with E-state index < -0.39 is 5.97 Å². The molecule has 2 heterocycles. The monoisotopic (exact) mass is 342 g/mol. The maximum atomic E-state index is 13.7. The maximum Gasteiger partial charge on any atom is 0.307 e. The third-order valence-corrected chi connectivity index (χ3v) is 5.47.